The molecule has 1 aliphatic heterocycles. The molecule has 1 amide bonds. The molecule has 0 aliphatic carbocycles. The summed E-state index contributed by atoms with van der Waals surface area (Å²) >= 11 is 0. The minimum Gasteiger partial charge on any atom is -0.398 e. The summed E-state index contributed by atoms with van der Waals surface area (Å²) in [6.45, 7) is 4.76. The quantitative estimate of drug-likeness (QED) is 0.813. The van der Waals surface area contributed by atoms with Gasteiger partial charge in [-0.2, -0.15) is 0 Å². The Hall–Kier alpha value is -2.29. The zero-order chi connectivity index (χ0) is 15.0. The molecule has 1 heterocycles. The van der Waals surface area contributed by atoms with E-state index in [1.807, 2.05) is 30.0 Å². The largest absolute Gasteiger partial charge is 0.398 e. The Labute approximate surface area is 125 Å². The summed E-state index contributed by atoms with van der Waals surface area (Å²) in [6, 6.07) is 11.8. The highest BCUT2D eigenvalue weighted by Crippen LogP contribution is 2.30. The van der Waals surface area contributed by atoms with Crippen molar-refractivity contribution in [2.75, 3.05) is 17.2 Å². The van der Waals surface area contributed by atoms with Gasteiger partial charge in [-0.25, -0.2) is 0 Å². The van der Waals surface area contributed by atoms with Crippen molar-refractivity contribution in [1.29, 1.82) is 0 Å². The number of nitrogens with zero attached hydrogens (tertiary/aromatic N) is 1. The van der Waals surface area contributed by atoms with Gasteiger partial charge in [-0.15, -0.1) is 0 Å². The molecule has 0 fully saturated rings. The number of aryl methyl sites for hydroxylation is 2. The number of nitrogen functional groups attached to an aromatic ring is 1. The number of anilines is 2. The first kappa shape index (κ1) is 13.7. The van der Waals surface area contributed by atoms with Crippen LogP contribution in [0.3, 0.4) is 0 Å². The van der Waals surface area contributed by atoms with E-state index in [0.717, 1.165) is 30.6 Å². The topological polar surface area (TPSA) is 46.3 Å². The van der Waals surface area contributed by atoms with Crippen LogP contribution in [0.5, 0.6) is 0 Å². The van der Waals surface area contributed by atoms with Crippen LogP contribution in [0.15, 0.2) is 36.4 Å². The second-order valence-corrected chi connectivity index (χ2v) is 5.71. The lowest BCUT2D eigenvalue weighted by Crippen LogP contribution is -2.36. The molecule has 0 saturated heterocycles. The summed E-state index contributed by atoms with van der Waals surface area (Å²) in [5, 5.41) is 0. The first-order valence-electron chi connectivity index (χ1n) is 7.34. The Morgan fingerprint density at radius 3 is 2.81 bits per heavy atom. The van der Waals surface area contributed by atoms with E-state index < -0.39 is 0 Å². The molecule has 0 atom stereocenters. The molecule has 0 radical (unpaired) electrons. The normalized spacial score (nSPS) is 13.9. The highest BCUT2D eigenvalue weighted by molar-refractivity contribution is 6.08. The van der Waals surface area contributed by atoms with Crippen LogP contribution >= 0.6 is 0 Å². The summed E-state index contributed by atoms with van der Waals surface area (Å²) in [5.41, 5.74) is 11.7. The van der Waals surface area contributed by atoms with Crippen LogP contribution in [0.4, 0.5) is 11.4 Å². The average Bonchev–Trinajstić information content (AvgIpc) is 2.48. The first-order valence-corrected chi connectivity index (χ1v) is 7.34. The van der Waals surface area contributed by atoms with E-state index >= 15 is 0 Å². The van der Waals surface area contributed by atoms with Crippen LogP contribution in [-0.4, -0.2) is 12.5 Å². The van der Waals surface area contributed by atoms with Gasteiger partial charge in [-0.1, -0.05) is 23.8 Å². The lowest BCUT2D eigenvalue weighted by Gasteiger charge is -2.30. The zero-order valence-electron chi connectivity index (χ0n) is 12.5. The fraction of sp³-hybridized carbons (Fsp3) is 0.278. The number of amides is 1. The predicted octanol–water partition coefficient (Wildman–Crippen LogP) is 3.48. The Morgan fingerprint density at radius 1 is 1.19 bits per heavy atom. The maximum atomic E-state index is 12.9. The third-order valence-corrected chi connectivity index (χ3v) is 4.20. The van der Waals surface area contributed by atoms with Gasteiger partial charge in [-0.3, -0.25) is 4.79 Å². The van der Waals surface area contributed by atoms with E-state index in [0.29, 0.717) is 11.3 Å². The van der Waals surface area contributed by atoms with Gasteiger partial charge in [0.1, 0.15) is 0 Å². The van der Waals surface area contributed by atoms with E-state index in [1.165, 1.54) is 11.1 Å². The molecule has 3 rings (SSSR count). The number of rotatable bonds is 1. The monoisotopic (exact) mass is 280 g/mol. The lowest BCUT2D eigenvalue weighted by atomic mass is 9.98. The number of nitrogens with two attached hydrogens (primary N) is 1. The number of fused-ring (bicyclic) bond motifs is 1. The molecule has 0 spiro atoms. The van der Waals surface area contributed by atoms with Crippen molar-refractivity contribution < 1.29 is 4.79 Å². The Bertz CT molecular complexity index is 706. The molecule has 0 aromatic heterocycles. The minimum absolute atomic E-state index is 0.0459. The zero-order valence-corrected chi connectivity index (χ0v) is 12.5. The summed E-state index contributed by atoms with van der Waals surface area (Å²) in [7, 11) is 0. The molecular weight excluding hydrogens is 260 g/mol. The number of hydrogen-bond acceptors (Lipinski definition) is 2. The van der Waals surface area contributed by atoms with E-state index in [9.17, 15) is 4.79 Å². The predicted molar refractivity (Wildman–Crippen MR) is 86.8 cm³/mol. The molecule has 21 heavy (non-hydrogen) atoms. The second-order valence-electron chi connectivity index (χ2n) is 5.71. The molecular formula is C18H20N2O. The fourth-order valence-corrected chi connectivity index (χ4v) is 2.97. The SMILES string of the molecule is Cc1ccc2c(c1)CCCN2C(=O)c1cccc(N)c1C. The Morgan fingerprint density at radius 2 is 2.00 bits per heavy atom. The molecule has 1 aliphatic rings. The van der Waals surface area contributed by atoms with Crippen molar-refractivity contribution in [3.63, 3.8) is 0 Å². The van der Waals surface area contributed by atoms with Crippen molar-refractivity contribution in [3.8, 4) is 0 Å². The van der Waals surface area contributed by atoms with Crippen molar-refractivity contribution in [2.45, 2.75) is 26.7 Å². The third-order valence-electron chi connectivity index (χ3n) is 4.20. The van der Waals surface area contributed by atoms with Crippen molar-refractivity contribution in [2.24, 2.45) is 0 Å². The fourth-order valence-electron chi connectivity index (χ4n) is 2.97. The van der Waals surface area contributed by atoms with Crippen molar-refractivity contribution >= 4 is 17.3 Å². The number of carbonyl (C=O) groups is 1. The number of benzene rings is 2. The van der Waals surface area contributed by atoms with Crippen molar-refractivity contribution in [3.05, 3.63) is 58.7 Å². The van der Waals surface area contributed by atoms with Gasteiger partial charge in [0.25, 0.3) is 5.91 Å². The molecule has 0 unspecified atom stereocenters. The molecule has 2 N–H and O–H groups in total. The smallest absolute Gasteiger partial charge is 0.258 e. The van der Waals surface area contributed by atoms with Gasteiger partial charge in [-0.05, 0) is 56.0 Å². The molecule has 108 valence electrons. The molecule has 3 heteroatoms. The van der Waals surface area contributed by atoms with Crippen LogP contribution < -0.4 is 10.6 Å². The highest BCUT2D eigenvalue weighted by atomic mass is 16.2. The lowest BCUT2D eigenvalue weighted by molar-refractivity contribution is 0.0984. The standard InChI is InChI=1S/C18H20N2O/c1-12-8-9-17-14(11-12)5-4-10-20(17)18(21)15-6-3-7-16(19)13(15)2/h3,6-9,11H,4-5,10,19H2,1-2H3. The van der Waals surface area contributed by atoms with Crippen molar-refractivity contribution in [1.82, 2.24) is 0 Å². The van der Waals surface area contributed by atoms with Gasteiger partial charge in [0, 0.05) is 23.5 Å². The molecule has 0 bridgehead atoms. The molecule has 0 saturated carbocycles. The number of hydrogen-bond donors (Lipinski definition) is 1. The Balaban J connectivity index is 2.02. The third kappa shape index (κ3) is 2.40. The maximum Gasteiger partial charge on any atom is 0.258 e. The maximum absolute atomic E-state index is 12.9. The number of carbonyl (C=O) groups excluding carboxylic acids is 1. The van der Waals surface area contributed by atoms with Gasteiger partial charge < -0.3 is 10.6 Å². The van der Waals surface area contributed by atoms with Crippen LogP contribution in [-0.2, 0) is 6.42 Å². The molecule has 2 aromatic carbocycles. The Kier molecular flexibility index (Phi) is 3.42. The van der Waals surface area contributed by atoms with E-state index in [2.05, 4.69) is 25.1 Å². The summed E-state index contributed by atoms with van der Waals surface area (Å²) in [4.78, 5) is 14.8. The van der Waals surface area contributed by atoms with Crippen LogP contribution in [0.1, 0.15) is 33.5 Å². The van der Waals surface area contributed by atoms with Gasteiger partial charge in [0.15, 0.2) is 0 Å². The summed E-state index contributed by atoms with van der Waals surface area (Å²) < 4.78 is 0. The van der Waals surface area contributed by atoms with Gasteiger partial charge in [0.2, 0.25) is 0 Å². The summed E-state index contributed by atoms with van der Waals surface area (Å²) in [6.07, 6.45) is 2.04. The molecule has 2 aromatic rings. The second kappa shape index (κ2) is 5.24. The highest BCUT2D eigenvalue weighted by Gasteiger charge is 2.24. The minimum atomic E-state index is 0.0459. The first-order chi connectivity index (χ1) is 10.1. The van der Waals surface area contributed by atoms with Gasteiger partial charge >= 0.3 is 0 Å². The summed E-state index contributed by atoms with van der Waals surface area (Å²) in [5.74, 6) is 0.0459. The van der Waals surface area contributed by atoms with E-state index in [-0.39, 0.29) is 5.91 Å². The van der Waals surface area contributed by atoms with Crippen LogP contribution in [0.25, 0.3) is 0 Å². The molecule has 3 nitrogen and oxygen atoms in total. The average molecular weight is 280 g/mol. The van der Waals surface area contributed by atoms with E-state index in [4.69, 9.17) is 5.73 Å². The van der Waals surface area contributed by atoms with Gasteiger partial charge in [0.05, 0.1) is 0 Å². The van der Waals surface area contributed by atoms with E-state index in [1.54, 1.807) is 0 Å². The van der Waals surface area contributed by atoms with Crippen LogP contribution in [0, 0.1) is 13.8 Å². The van der Waals surface area contributed by atoms with Crippen LogP contribution in [0.2, 0.25) is 0 Å².